The summed E-state index contributed by atoms with van der Waals surface area (Å²) in [7, 11) is 6.73. The molecule has 3 aromatic rings. The van der Waals surface area contributed by atoms with Gasteiger partial charge in [0.25, 0.3) is 0 Å². The van der Waals surface area contributed by atoms with Crippen LogP contribution in [0.1, 0.15) is 16.7 Å². The minimum absolute atomic E-state index is 0. The number of halogens is 1. The first-order valence-electron chi connectivity index (χ1n) is 7.82. The molecular formula is C20H25IN2. The van der Waals surface area contributed by atoms with Crippen molar-refractivity contribution >= 4 is 10.9 Å². The first kappa shape index (κ1) is 18.0. The second-order valence-electron chi connectivity index (χ2n) is 7.35. The van der Waals surface area contributed by atoms with Crippen LogP contribution in [0.2, 0.25) is 0 Å². The molecule has 0 unspecified atom stereocenters. The molecule has 122 valence electrons. The Morgan fingerprint density at radius 3 is 2.13 bits per heavy atom. The van der Waals surface area contributed by atoms with Crippen molar-refractivity contribution in [2.45, 2.75) is 20.4 Å². The fraction of sp³-hybridized carbons (Fsp3) is 0.300. The number of H-pyrrole nitrogens is 1. The number of nitrogens with one attached hydrogen (secondary N) is 1. The predicted molar refractivity (Wildman–Crippen MR) is 94.9 cm³/mol. The van der Waals surface area contributed by atoms with E-state index in [9.17, 15) is 0 Å². The van der Waals surface area contributed by atoms with Crippen LogP contribution in [-0.2, 0) is 6.54 Å². The molecule has 0 aliphatic heterocycles. The van der Waals surface area contributed by atoms with Crippen molar-refractivity contribution < 1.29 is 28.5 Å². The summed E-state index contributed by atoms with van der Waals surface area (Å²) in [5.41, 5.74) is 7.81. The molecule has 23 heavy (non-hydrogen) atoms. The van der Waals surface area contributed by atoms with E-state index in [1.54, 1.807) is 0 Å². The van der Waals surface area contributed by atoms with E-state index in [2.05, 4.69) is 82.4 Å². The third-order valence-electron chi connectivity index (χ3n) is 3.96. The zero-order valence-electron chi connectivity index (χ0n) is 14.6. The smallest absolute Gasteiger partial charge is 0.106 e. The third kappa shape index (κ3) is 3.96. The Morgan fingerprint density at radius 2 is 1.52 bits per heavy atom. The summed E-state index contributed by atoms with van der Waals surface area (Å²) < 4.78 is 0.916. The maximum absolute atomic E-state index is 3.65. The fourth-order valence-electron chi connectivity index (χ4n) is 3.20. The summed E-state index contributed by atoms with van der Waals surface area (Å²) in [5.74, 6) is 0. The van der Waals surface area contributed by atoms with E-state index in [4.69, 9.17) is 0 Å². The molecule has 0 aliphatic carbocycles. The van der Waals surface area contributed by atoms with E-state index in [0.29, 0.717) is 0 Å². The van der Waals surface area contributed by atoms with E-state index in [-0.39, 0.29) is 24.0 Å². The fourth-order valence-corrected chi connectivity index (χ4v) is 3.20. The van der Waals surface area contributed by atoms with Gasteiger partial charge in [0, 0.05) is 16.5 Å². The zero-order valence-corrected chi connectivity index (χ0v) is 16.7. The lowest BCUT2D eigenvalue weighted by Crippen LogP contribution is -3.00. The van der Waals surface area contributed by atoms with Gasteiger partial charge in [0.05, 0.1) is 26.8 Å². The molecule has 0 saturated heterocycles. The summed E-state index contributed by atoms with van der Waals surface area (Å²) in [6.07, 6.45) is 0. The number of quaternary nitrogens is 1. The van der Waals surface area contributed by atoms with Crippen LogP contribution >= 0.6 is 0 Å². The molecule has 1 heterocycles. The van der Waals surface area contributed by atoms with Gasteiger partial charge in [-0.25, -0.2) is 0 Å². The number of hydrogen-bond donors (Lipinski definition) is 1. The van der Waals surface area contributed by atoms with Crippen molar-refractivity contribution in [3.63, 3.8) is 0 Å². The number of aromatic nitrogens is 1. The molecule has 3 rings (SSSR count). The quantitative estimate of drug-likeness (QED) is 0.490. The minimum atomic E-state index is 0. The maximum atomic E-state index is 3.65. The first-order chi connectivity index (χ1) is 10.3. The van der Waals surface area contributed by atoms with E-state index >= 15 is 0 Å². The van der Waals surface area contributed by atoms with E-state index in [1.807, 2.05) is 0 Å². The Bertz CT molecular complexity index is 805. The van der Waals surface area contributed by atoms with Gasteiger partial charge in [-0.3, -0.25) is 0 Å². The molecule has 0 amide bonds. The van der Waals surface area contributed by atoms with E-state index in [0.717, 1.165) is 11.0 Å². The monoisotopic (exact) mass is 420 g/mol. The number of aromatic amines is 1. The van der Waals surface area contributed by atoms with Gasteiger partial charge in [-0.05, 0) is 37.6 Å². The highest BCUT2D eigenvalue weighted by Gasteiger charge is 2.19. The van der Waals surface area contributed by atoms with Crippen molar-refractivity contribution in [2.75, 3.05) is 21.1 Å². The van der Waals surface area contributed by atoms with Crippen molar-refractivity contribution in [3.05, 3.63) is 59.2 Å². The SMILES string of the molecule is Cc1cc(C)cc(-c2[nH]c3ccccc3c2C[N+](C)(C)C)c1.[I-]. The van der Waals surface area contributed by atoms with Crippen LogP contribution in [0.4, 0.5) is 0 Å². The van der Waals surface area contributed by atoms with Crippen LogP contribution in [0.5, 0.6) is 0 Å². The van der Waals surface area contributed by atoms with Crippen molar-refractivity contribution in [1.29, 1.82) is 0 Å². The van der Waals surface area contributed by atoms with Gasteiger partial charge in [-0.1, -0.05) is 35.4 Å². The molecule has 0 saturated carbocycles. The Hall–Kier alpha value is -1.33. The van der Waals surface area contributed by atoms with Crippen molar-refractivity contribution in [1.82, 2.24) is 4.98 Å². The molecule has 2 aromatic carbocycles. The molecule has 0 fully saturated rings. The topological polar surface area (TPSA) is 15.8 Å². The average molecular weight is 420 g/mol. The molecule has 0 bridgehead atoms. The molecule has 1 N–H and O–H groups in total. The van der Waals surface area contributed by atoms with Crippen molar-refractivity contribution in [2.24, 2.45) is 0 Å². The summed E-state index contributed by atoms with van der Waals surface area (Å²) in [4.78, 5) is 3.65. The Balaban J connectivity index is 0.00000192. The summed E-state index contributed by atoms with van der Waals surface area (Å²) in [6.45, 7) is 5.34. The molecule has 0 atom stereocenters. The zero-order chi connectivity index (χ0) is 15.9. The molecule has 2 nitrogen and oxygen atoms in total. The van der Waals surface area contributed by atoms with Gasteiger partial charge in [-0.15, -0.1) is 0 Å². The first-order valence-corrected chi connectivity index (χ1v) is 7.82. The lowest BCUT2D eigenvalue weighted by molar-refractivity contribution is -0.883. The Kier molecular flexibility index (Phi) is 5.21. The molecule has 0 radical (unpaired) electrons. The van der Waals surface area contributed by atoms with Gasteiger partial charge in [0.1, 0.15) is 6.54 Å². The highest BCUT2D eigenvalue weighted by molar-refractivity contribution is 5.90. The summed E-state index contributed by atoms with van der Waals surface area (Å²) in [6, 6.07) is 15.4. The van der Waals surface area contributed by atoms with Crippen LogP contribution in [0.25, 0.3) is 22.2 Å². The summed E-state index contributed by atoms with van der Waals surface area (Å²) >= 11 is 0. The summed E-state index contributed by atoms with van der Waals surface area (Å²) in [5, 5.41) is 1.34. The van der Waals surface area contributed by atoms with E-state index in [1.165, 1.54) is 38.9 Å². The molecule has 3 heteroatoms. The predicted octanol–water partition coefficient (Wildman–Crippen LogP) is 1.66. The largest absolute Gasteiger partial charge is 1.00 e. The number of aryl methyl sites for hydroxylation is 2. The lowest BCUT2D eigenvalue weighted by atomic mass is 10.0. The number of benzene rings is 2. The number of para-hydroxylation sites is 1. The van der Waals surface area contributed by atoms with Gasteiger partial charge in [0.2, 0.25) is 0 Å². The lowest BCUT2D eigenvalue weighted by Gasteiger charge is -2.24. The minimum Gasteiger partial charge on any atom is -1.00 e. The van der Waals surface area contributed by atoms with Crippen LogP contribution in [-0.4, -0.2) is 30.6 Å². The van der Waals surface area contributed by atoms with Gasteiger partial charge in [-0.2, -0.15) is 0 Å². The van der Waals surface area contributed by atoms with Gasteiger partial charge < -0.3 is 33.4 Å². The Labute approximate surface area is 156 Å². The van der Waals surface area contributed by atoms with Crippen LogP contribution in [0.15, 0.2) is 42.5 Å². The second kappa shape index (κ2) is 6.65. The van der Waals surface area contributed by atoms with E-state index < -0.39 is 0 Å². The molecule has 0 spiro atoms. The molecular weight excluding hydrogens is 395 g/mol. The maximum Gasteiger partial charge on any atom is 0.106 e. The Morgan fingerprint density at radius 1 is 0.913 bits per heavy atom. The second-order valence-corrected chi connectivity index (χ2v) is 7.35. The number of hydrogen-bond acceptors (Lipinski definition) is 0. The number of fused-ring (bicyclic) bond motifs is 1. The number of rotatable bonds is 3. The van der Waals surface area contributed by atoms with Gasteiger partial charge in [0.15, 0.2) is 0 Å². The highest BCUT2D eigenvalue weighted by Crippen LogP contribution is 2.32. The molecule has 1 aromatic heterocycles. The standard InChI is InChI=1S/C20H25N2.HI/c1-14-10-15(2)12-16(11-14)20-18(13-22(3,4)5)17-8-6-7-9-19(17)21-20;/h6-12,21H,13H2,1-5H3;1H/q+1;/p-1. The normalized spacial score (nSPS) is 11.5. The van der Waals surface area contributed by atoms with Crippen LogP contribution in [0, 0.1) is 13.8 Å². The van der Waals surface area contributed by atoms with Crippen molar-refractivity contribution in [3.8, 4) is 11.3 Å². The van der Waals surface area contributed by atoms with Crippen LogP contribution in [0.3, 0.4) is 0 Å². The van der Waals surface area contributed by atoms with Crippen LogP contribution < -0.4 is 24.0 Å². The van der Waals surface area contributed by atoms with Gasteiger partial charge >= 0.3 is 0 Å². The number of nitrogens with zero attached hydrogens (tertiary/aromatic N) is 1. The third-order valence-corrected chi connectivity index (χ3v) is 3.96. The highest BCUT2D eigenvalue weighted by atomic mass is 127. The molecule has 0 aliphatic rings. The average Bonchev–Trinajstić information content (AvgIpc) is 2.75.